The monoisotopic (exact) mass is 380 g/mol. The van der Waals surface area contributed by atoms with E-state index in [4.69, 9.17) is 0 Å². The van der Waals surface area contributed by atoms with Crippen LogP contribution in [0.25, 0.3) is 0 Å². The first-order valence-electron chi connectivity index (χ1n) is 5.86. The Balaban J connectivity index is 2.33. The number of sulfonamides is 1. The fourth-order valence-corrected chi connectivity index (χ4v) is 4.39. The minimum atomic E-state index is -3.34. The molecule has 1 aliphatic heterocycles. The van der Waals surface area contributed by atoms with Crippen molar-refractivity contribution >= 4 is 32.6 Å². The highest BCUT2D eigenvalue weighted by Gasteiger charge is 2.28. The summed E-state index contributed by atoms with van der Waals surface area (Å²) in [5, 5.41) is 0. The summed E-state index contributed by atoms with van der Waals surface area (Å²) < 4.78 is 27.7. The molecule has 0 atom stereocenters. The highest BCUT2D eigenvalue weighted by Crippen LogP contribution is 2.23. The molecule has 0 bridgehead atoms. The van der Waals surface area contributed by atoms with Crippen molar-refractivity contribution in [3.63, 3.8) is 0 Å². The van der Waals surface area contributed by atoms with Crippen molar-refractivity contribution in [1.82, 2.24) is 9.21 Å². The summed E-state index contributed by atoms with van der Waals surface area (Å²) in [5.74, 6) is 0. The van der Waals surface area contributed by atoms with E-state index in [-0.39, 0.29) is 0 Å². The van der Waals surface area contributed by atoms with Crippen LogP contribution < -0.4 is 0 Å². The van der Waals surface area contributed by atoms with Crippen LogP contribution in [0.2, 0.25) is 0 Å². The number of hydrogen-bond acceptors (Lipinski definition) is 3. The first-order chi connectivity index (χ1) is 8.41. The van der Waals surface area contributed by atoms with Crippen LogP contribution in [0.15, 0.2) is 23.1 Å². The van der Waals surface area contributed by atoms with E-state index in [0.717, 1.165) is 22.2 Å². The van der Waals surface area contributed by atoms with Gasteiger partial charge in [-0.2, -0.15) is 4.31 Å². The molecule has 6 heteroatoms. The van der Waals surface area contributed by atoms with Crippen molar-refractivity contribution in [2.75, 3.05) is 33.2 Å². The third-order valence-electron chi connectivity index (χ3n) is 3.23. The highest BCUT2D eigenvalue weighted by molar-refractivity contribution is 14.1. The molecule has 0 aromatic heterocycles. The Bertz CT molecular complexity index is 537. The predicted molar refractivity (Wildman–Crippen MR) is 80.2 cm³/mol. The molecule has 0 N–H and O–H groups in total. The maximum atomic E-state index is 12.6. The Morgan fingerprint density at radius 3 is 2.39 bits per heavy atom. The number of aryl methyl sites for hydroxylation is 1. The molecule has 2 rings (SSSR count). The van der Waals surface area contributed by atoms with Gasteiger partial charge in [-0.1, -0.05) is 6.07 Å². The molecule has 1 aromatic carbocycles. The third-order valence-corrected chi connectivity index (χ3v) is 5.94. The van der Waals surface area contributed by atoms with E-state index in [1.165, 1.54) is 0 Å². The zero-order valence-corrected chi connectivity index (χ0v) is 13.5. The molecule has 18 heavy (non-hydrogen) atoms. The van der Waals surface area contributed by atoms with Gasteiger partial charge in [0.15, 0.2) is 0 Å². The fraction of sp³-hybridized carbons (Fsp3) is 0.500. The van der Waals surface area contributed by atoms with Gasteiger partial charge in [0.05, 0.1) is 4.90 Å². The van der Waals surface area contributed by atoms with Crippen LogP contribution in [-0.2, 0) is 10.0 Å². The van der Waals surface area contributed by atoms with Crippen LogP contribution in [0.5, 0.6) is 0 Å². The highest BCUT2D eigenvalue weighted by atomic mass is 127. The Kier molecular flexibility index (Phi) is 4.30. The molecule has 100 valence electrons. The molecule has 1 saturated heterocycles. The van der Waals surface area contributed by atoms with Gasteiger partial charge in [0.1, 0.15) is 0 Å². The second-order valence-corrected chi connectivity index (χ2v) is 7.77. The standard InChI is InChI=1S/C12H17IN2O2S/c1-10-3-4-11(13)9-12(10)18(16,17)15-7-5-14(2)6-8-15/h3-4,9H,5-8H2,1-2H3. The van der Waals surface area contributed by atoms with Gasteiger partial charge in [-0.15, -0.1) is 0 Å². The van der Waals surface area contributed by atoms with E-state index < -0.39 is 10.0 Å². The van der Waals surface area contributed by atoms with Crippen LogP contribution in [0.4, 0.5) is 0 Å². The van der Waals surface area contributed by atoms with Crippen molar-refractivity contribution in [1.29, 1.82) is 0 Å². The Labute approximate surface area is 122 Å². The van der Waals surface area contributed by atoms with Crippen LogP contribution >= 0.6 is 22.6 Å². The normalized spacial score (nSPS) is 19.1. The van der Waals surface area contributed by atoms with E-state index in [9.17, 15) is 8.42 Å². The number of benzene rings is 1. The molecule has 1 aromatic rings. The predicted octanol–water partition coefficient (Wildman–Crippen LogP) is 1.54. The number of halogens is 1. The van der Waals surface area contributed by atoms with Gasteiger partial charge in [0.2, 0.25) is 10.0 Å². The maximum absolute atomic E-state index is 12.6. The van der Waals surface area contributed by atoms with Crippen molar-refractivity contribution < 1.29 is 8.42 Å². The molecule has 0 unspecified atom stereocenters. The first-order valence-corrected chi connectivity index (χ1v) is 8.38. The number of piperazine rings is 1. The Morgan fingerprint density at radius 1 is 1.17 bits per heavy atom. The zero-order valence-electron chi connectivity index (χ0n) is 10.6. The minimum Gasteiger partial charge on any atom is -0.304 e. The van der Waals surface area contributed by atoms with E-state index in [1.54, 1.807) is 10.4 Å². The molecular formula is C12H17IN2O2S. The van der Waals surface area contributed by atoms with Gasteiger partial charge < -0.3 is 4.90 Å². The lowest BCUT2D eigenvalue weighted by molar-refractivity contribution is 0.222. The molecular weight excluding hydrogens is 363 g/mol. The van der Waals surface area contributed by atoms with Crippen LogP contribution in [0.1, 0.15) is 5.56 Å². The molecule has 1 heterocycles. The van der Waals surface area contributed by atoms with Crippen molar-refractivity contribution in [2.45, 2.75) is 11.8 Å². The van der Waals surface area contributed by atoms with Crippen molar-refractivity contribution in [3.8, 4) is 0 Å². The van der Waals surface area contributed by atoms with Crippen LogP contribution in [0, 0.1) is 10.5 Å². The van der Waals surface area contributed by atoms with Gasteiger partial charge in [-0.3, -0.25) is 0 Å². The lowest BCUT2D eigenvalue weighted by Gasteiger charge is -2.31. The average Bonchev–Trinajstić information content (AvgIpc) is 2.32. The molecule has 0 radical (unpaired) electrons. The molecule has 0 aliphatic carbocycles. The van der Waals surface area contributed by atoms with Gasteiger partial charge in [0.25, 0.3) is 0 Å². The molecule has 0 amide bonds. The summed E-state index contributed by atoms with van der Waals surface area (Å²) in [4.78, 5) is 2.59. The lowest BCUT2D eigenvalue weighted by atomic mass is 10.2. The Morgan fingerprint density at radius 2 is 1.78 bits per heavy atom. The number of nitrogens with zero attached hydrogens (tertiary/aromatic N) is 2. The molecule has 0 saturated carbocycles. The molecule has 4 nitrogen and oxygen atoms in total. The summed E-state index contributed by atoms with van der Waals surface area (Å²) >= 11 is 2.15. The lowest BCUT2D eigenvalue weighted by Crippen LogP contribution is -2.47. The zero-order chi connectivity index (χ0) is 13.3. The first kappa shape index (κ1) is 14.2. The molecule has 0 spiro atoms. The fourth-order valence-electron chi connectivity index (χ4n) is 2.02. The van der Waals surface area contributed by atoms with Gasteiger partial charge in [-0.05, 0) is 54.3 Å². The van der Waals surface area contributed by atoms with E-state index in [0.29, 0.717) is 18.0 Å². The van der Waals surface area contributed by atoms with Crippen LogP contribution in [-0.4, -0.2) is 50.8 Å². The number of likely N-dealkylation sites (N-methyl/N-ethyl adjacent to an activating group) is 1. The van der Waals surface area contributed by atoms with Crippen molar-refractivity contribution in [2.24, 2.45) is 0 Å². The third kappa shape index (κ3) is 2.87. The maximum Gasteiger partial charge on any atom is 0.243 e. The summed E-state index contributed by atoms with van der Waals surface area (Å²) in [5.41, 5.74) is 0.814. The van der Waals surface area contributed by atoms with Gasteiger partial charge in [-0.25, -0.2) is 8.42 Å². The van der Waals surface area contributed by atoms with Crippen molar-refractivity contribution in [3.05, 3.63) is 27.3 Å². The van der Waals surface area contributed by atoms with Crippen LogP contribution in [0.3, 0.4) is 0 Å². The van der Waals surface area contributed by atoms with Gasteiger partial charge in [0, 0.05) is 29.7 Å². The van der Waals surface area contributed by atoms with Gasteiger partial charge >= 0.3 is 0 Å². The topological polar surface area (TPSA) is 40.6 Å². The summed E-state index contributed by atoms with van der Waals surface area (Å²) in [6.45, 7) is 4.58. The second kappa shape index (κ2) is 5.44. The molecule has 1 aliphatic rings. The quantitative estimate of drug-likeness (QED) is 0.731. The summed E-state index contributed by atoms with van der Waals surface area (Å²) in [7, 11) is -1.32. The van der Waals surface area contributed by atoms with E-state index >= 15 is 0 Å². The van der Waals surface area contributed by atoms with E-state index in [1.807, 2.05) is 26.1 Å². The SMILES string of the molecule is Cc1ccc(I)cc1S(=O)(=O)N1CCN(C)CC1. The summed E-state index contributed by atoms with van der Waals surface area (Å²) in [6, 6.07) is 5.55. The minimum absolute atomic E-state index is 0.443. The van der Waals surface area contributed by atoms with E-state index in [2.05, 4.69) is 27.5 Å². The number of rotatable bonds is 2. The largest absolute Gasteiger partial charge is 0.304 e. The second-order valence-electron chi connectivity index (χ2n) is 4.62. The Hall–Kier alpha value is -0.180. The smallest absolute Gasteiger partial charge is 0.243 e. The summed E-state index contributed by atoms with van der Waals surface area (Å²) in [6.07, 6.45) is 0. The molecule has 1 fully saturated rings. The number of hydrogen-bond donors (Lipinski definition) is 0. The average molecular weight is 380 g/mol.